The number of amides is 1. The summed E-state index contributed by atoms with van der Waals surface area (Å²) in [5.41, 5.74) is 0. The van der Waals surface area contributed by atoms with E-state index in [2.05, 4.69) is 17.3 Å². The van der Waals surface area contributed by atoms with Crippen LogP contribution in [0.3, 0.4) is 0 Å². The van der Waals surface area contributed by atoms with Gasteiger partial charge in [-0.15, -0.1) is 0 Å². The molecule has 0 saturated carbocycles. The third kappa shape index (κ3) is 4.62. The molecule has 0 radical (unpaired) electrons. The lowest BCUT2D eigenvalue weighted by Gasteiger charge is -2.35. The van der Waals surface area contributed by atoms with Gasteiger partial charge in [-0.2, -0.15) is 0 Å². The van der Waals surface area contributed by atoms with Crippen LogP contribution in [-0.4, -0.2) is 48.7 Å². The van der Waals surface area contributed by atoms with Crippen molar-refractivity contribution in [3.63, 3.8) is 0 Å². The number of aliphatic hydroxyl groups is 1. The first kappa shape index (κ1) is 12.5. The van der Waals surface area contributed by atoms with Crippen LogP contribution in [0.4, 0.5) is 0 Å². The van der Waals surface area contributed by atoms with Gasteiger partial charge in [0, 0.05) is 32.7 Å². The quantitative estimate of drug-likeness (QED) is 0.703. The van der Waals surface area contributed by atoms with Crippen LogP contribution in [0.25, 0.3) is 0 Å². The molecule has 0 aromatic rings. The number of likely N-dealkylation sites (N-methyl/N-ethyl adjacent to an activating group) is 1. The Labute approximate surface area is 91.6 Å². The molecule has 1 rings (SSSR count). The predicted molar refractivity (Wildman–Crippen MR) is 59.5 cm³/mol. The Bertz CT molecular complexity index is 209. The molecular weight excluding hydrogens is 192 g/mol. The van der Waals surface area contributed by atoms with E-state index in [4.69, 9.17) is 5.11 Å². The van der Waals surface area contributed by atoms with Crippen molar-refractivity contribution in [2.75, 3.05) is 26.7 Å². The van der Waals surface area contributed by atoms with Gasteiger partial charge in [0.05, 0.1) is 0 Å². The molecule has 1 aliphatic heterocycles. The summed E-state index contributed by atoms with van der Waals surface area (Å²) >= 11 is 0. The molecule has 1 aliphatic rings. The number of aliphatic hydroxyl groups excluding tert-OH is 1. The van der Waals surface area contributed by atoms with Crippen LogP contribution in [0.15, 0.2) is 0 Å². The highest BCUT2D eigenvalue weighted by atomic mass is 16.2. The van der Waals surface area contributed by atoms with Gasteiger partial charge in [-0.25, -0.2) is 0 Å². The first-order valence-corrected chi connectivity index (χ1v) is 5.68. The van der Waals surface area contributed by atoms with Crippen molar-refractivity contribution in [3.05, 3.63) is 0 Å². The maximum absolute atomic E-state index is 11.0. The highest BCUT2D eigenvalue weighted by Crippen LogP contribution is 2.20. The van der Waals surface area contributed by atoms with Crippen LogP contribution in [0.1, 0.15) is 26.2 Å². The summed E-state index contributed by atoms with van der Waals surface area (Å²) in [6.45, 7) is 3.85. The number of nitrogens with zero attached hydrogens (tertiary/aromatic N) is 1. The Morgan fingerprint density at radius 1 is 1.53 bits per heavy atom. The van der Waals surface area contributed by atoms with E-state index in [1.165, 1.54) is 0 Å². The lowest BCUT2D eigenvalue weighted by atomic mass is 9.91. The Balaban J connectivity index is 2.37. The molecule has 2 atom stereocenters. The first-order chi connectivity index (χ1) is 7.11. The molecule has 15 heavy (non-hydrogen) atoms. The molecule has 2 N–H and O–H groups in total. The van der Waals surface area contributed by atoms with Gasteiger partial charge in [-0.3, -0.25) is 4.79 Å². The Morgan fingerprint density at radius 3 is 2.87 bits per heavy atom. The number of hydrogen-bond acceptors (Lipinski definition) is 3. The lowest BCUT2D eigenvalue weighted by molar-refractivity contribution is -0.120. The molecule has 1 saturated heterocycles. The van der Waals surface area contributed by atoms with Crippen molar-refractivity contribution in [2.24, 2.45) is 5.92 Å². The Hall–Kier alpha value is -0.610. The zero-order chi connectivity index (χ0) is 11.3. The van der Waals surface area contributed by atoms with Crippen LogP contribution in [0, 0.1) is 5.92 Å². The zero-order valence-electron chi connectivity index (χ0n) is 9.70. The van der Waals surface area contributed by atoms with Gasteiger partial charge >= 0.3 is 0 Å². The Kier molecular flexibility index (Phi) is 5.05. The van der Waals surface area contributed by atoms with Crippen molar-refractivity contribution < 1.29 is 9.90 Å². The summed E-state index contributed by atoms with van der Waals surface area (Å²) in [6, 6.07) is 0.282. The van der Waals surface area contributed by atoms with E-state index < -0.39 is 0 Å². The van der Waals surface area contributed by atoms with E-state index in [0.29, 0.717) is 5.92 Å². The fourth-order valence-electron chi connectivity index (χ4n) is 2.42. The number of rotatable bonds is 4. The van der Waals surface area contributed by atoms with E-state index in [1.807, 2.05) is 0 Å². The van der Waals surface area contributed by atoms with Crippen LogP contribution in [0.5, 0.6) is 0 Å². The molecule has 0 aromatic carbocycles. The van der Waals surface area contributed by atoms with Gasteiger partial charge in [0.2, 0.25) is 5.91 Å². The SMILES string of the molecule is CC(=O)NC1CC(CCCO)CN(C)C1. The van der Waals surface area contributed by atoms with E-state index in [9.17, 15) is 4.79 Å². The van der Waals surface area contributed by atoms with Crippen molar-refractivity contribution in [2.45, 2.75) is 32.2 Å². The predicted octanol–water partition coefficient (Wildman–Crippen LogP) is 0.215. The van der Waals surface area contributed by atoms with Gasteiger partial charge in [-0.1, -0.05) is 0 Å². The number of carbonyl (C=O) groups is 1. The minimum Gasteiger partial charge on any atom is -0.396 e. The molecule has 88 valence electrons. The van der Waals surface area contributed by atoms with Crippen molar-refractivity contribution >= 4 is 5.91 Å². The molecule has 1 amide bonds. The monoisotopic (exact) mass is 214 g/mol. The van der Waals surface area contributed by atoms with E-state index in [0.717, 1.165) is 32.4 Å². The van der Waals surface area contributed by atoms with Crippen LogP contribution < -0.4 is 5.32 Å². The van der Waals surface area contributed by atoms with Gasteiger partial charge in [0.1, 0.15) is 0 Å². The van der Waals surface area contributed by atoms with E-state index in [-0.39, 0.29) is 18.6 Å². The zero-order valence-corrected chi connectivity index (χ0v) is 9.70. The van der Waals surface area contributed by atoms with Gasteiger partial charge in [0.15, 0.2) is 0 Å². The van der Waals surface area contributed by atoms with Crippen molar-refractivity contribution in [3.8, 4) is 0 Å². The average molecular weight is 214 g/mol. The summed E-state index contributed by atoms with van der Waals surface area (Å²) in [7, 11) is 2.08. The number of likely N-dealkylation sites (tertiary alicyclic amines) is 1. The molecule has 0 spiro atoms. The smallest absolute Gasteiger partial charge is 0.217 e. The highest BCUT2D eigenvalue weighted by molar-refractivity contribution is 5.73. The van der Waals surface area contributed by atoms with Crippen molar-refractivity contribution in [1.82, 2.24) is 10.2 Å². The number of hydrogen-bond donors (Lipinski definition) is 2. The van der Waals surface area contributed by atoms with E-state index in [1.54, 1.807) is 6.92 Å². The normalized spacial score (nSPS) is 27.7. The first-order valence-electron chi connectivity index (χ1n) is 5.68. The van der Waals surface area contributed by atoms with Crippen LogP contribution in [-0.2, 0) is 4.79 Å². The highest BCUT2D eigenvalue weighted by Gasteiger charge is 2.25. The van der Waals surface area contributed by atoms with Gasteiger partial charge < -0.3 is 15.3 Å². The van der Waals surface area contributed by atoms with Crippen LogP contribution >= 0.6 is 0 Å². The molecule has 1 heterocycles. The summed E-state index contributed by atoms with van der Waals surface area (Å²) in [5.74, 6) is 0.656. The summed E-state index contributed by atoms with van der Waals surface area (Å²) in [5, 5.41) is 11.8. The van der Waals surface area contributed by atoms with Crippen LogP contribution in [0.2, 0.25) is 0 Å². The minimum absolute atomic E-state index is 0.0520. The summed E-state index contributed by atoms with van der Waals surface area (Å²) < 4.78 is 0. The maximum Gasteiger partial charge on any atom is 0.217 e. The van der Waals surface area contributed by atoms with Crippen molar-refractivity contribution in [1.29, 1.82) is 0 Å². The minimum atomic E-state index is 0.0520. The van der Waals surface area contributed by atoms with Gasteiger partial charge in [-0.05, 0) is 32.2 Å². The average Bonchev–Trinajstić information content (AvgIpc) is 2.12. The maximum atomic E-state index is 11.0. The molecule has 0 aliphatic carbocycles. The second-order valence-electron chi connectivity index (χ2n) is 4.59. The summed E-state index contributed by atoms with van der Waals surface area (Å²) in [4.78, 5) is 13.2. The molecular formula is C11H22N2O2. The Morgan fingerprint density at radius 2 is 2.27 bits per heavy atom. The molecule has 1 fully saturated rings. The lowest BCUT2D eigenvalue weighted by Crippen LogP contribution is -2.48. The summed E-state index contributed by atoms with van der Waals surface area (Å²) in [6.07, 6.45) is 2.96. The topological polar surface area (TPSA) is 52.6 Å². The third-order valence-corrected chi connectivity index (χ3v) is 2.90. The molecule has 4 heteroatoms. The number of carbonyl (C=O) groups excluding carboxylic acids is 1. The number of piperidine rings is 1. The molecule has 0 aromatic heterocycles. The van der Waals surface area contributed by atoms with Gasteiger partial charge in [0.25, 0.3) is 0 Å². The largest absolute Gasteiger partial charge is 0.396 e. The standard InChI is InChI=1S/C11H22N2O2/c1-9(15)12-11-6-10(4-3-5-14)7-13(2)8-11/h10-11,14H,3-8H2,1-2H3,(H,12,15). The third-order valence-electron chi connectivity index (χ3n) is 2.90. The fourth-order valence-corrected chi connectivity index (χ4v) is 2.42. The molecule has 4 nitrogen and oxygen atoms in total. The second-order valence-corrected chi connectivity index (χ2v) is 4.59. The molecule has 0 bridgehead atoms. The fraction of sp³-hybridized carbons (Fsp3) is 0.909. The second kappa shape index (κ2) is 6.08. The van der Waals surface area contributed by atoms with E-state index >= 15 is 0 Å². The molecule has 2 unspecified atom stereocenters. The number of nitrogens with one attached hydrogen (secondary N) is 1.